The van der Waals surface area contributed by atoms with Crippen molar-refractivity contribution < 1.29 is 28.6 Å². The van der Waals surface area contributed by atoms with Gasteiger partial charge >= 0.3 is 17.9 Å². The first-order chi connectivity index (χ1) is 11.0. The largest absolute Gasteiger partial charge is 0.468 e. The molecule has 0 aromatic heterocycles. The summed E-state index contributed by atoms with van der Waals surface area (Å²) in [5, 5.41) is 0.263. The lowest BCUT2D eigenvalue weighted by molar-refractivity contribution is -0.165. The van der Waals surface area contributed by atoms with Crippen molar-refractivity contribution in [3.05, 3.63) is 41.5 Å². The molecule has 1 unspecified atom stereocenters. The summed E-state index contributed by atoms with van der Waals surface area (Å²) in [7, 11) is 2.25. The maximum absolute atomic E-state index is 12.1. The van der Waals surface area contributed by atoms with Gasteiger partial charge in [-0.15, -0.1) is 0 Å². The van der Waals surface area contributed by atoms with E-state index in [2.05, 4.69) is 9.47 Å². The van der Waals surface area contributed by atoms with Crippen LogP contribution in [0.1, 0.15) is 5.56 Å². The normalized spacial score (nSPS) is 19.3. The molecule has 0 saturated carbocycles. The second-order valence-corrected chi connectivity index (χ2v) is 5.19. The molecule has 122 valence electrons. The minimum atomic E-state index is -1.45. The van der Waals surface area contributed by atoms with Crippen LogP contribution in [0.3, 0.4) is 0 Å². The van der Waals surface area contributed by atoms with Gasteiger partial charge in [0.25, 0.3) is 0 Å². The zero-order valence-corrected chi connectivity index (χ0v) is 13.3. The van der Waals surface area contributed by atoms with Gasteiger partial charge in [0, 0.05) is 5.57 Å². The third-order valence-electron chi connectivity index (χ3n) is 3.55. The topological polar surface area (TPSA) is 78.9 Å². The molecule has 1 fully saturated rings. The Hall–Kier alpha value is -2.34. The van der Waals surface area contributed by atoms with Crippen LogP contribution < -0.4 is 0 Å². The maximum atomic E-state index is 12.1. The Labute approximate surface area is 138 Å². The molecule has 1 aromatic rings. The first-order valence-electron chi connectivity index (χ1n) is 6.77. The molecule has 6 nitrogen and oxygen atoms in total. The van der Waals surface area contributed by atoms with Crippen molar-refractivity contribution in [2.45, 2.75) is 0 Å². The summed E-state index contributed by atoms with van der Waals surface area (Å²) in [4.78, 5) is 36.0. The molecule has 1 aromatic carbocycles. The van der Waals surface area contributed by atoms with Gasteiger partial charge in [0.15, 0.2) is 5.92 Å². The summed E-state index contributed by atoms with van der Waals surface area (Å²) in [5.74, 6) is -5.09. The third kappa shape index (κ3) is 3.37. The van der Waals surface area contributed by atoms with Crippen molar-refractivity contribution in [1.82, 2.24) is 0 Å². The second-order valence-electron chi connectivity index (χ2n) is 4.81. The Morgan fingerprint density at radius 2 is 1.74 bits per heavy atom. The standard InChI is InChI=1S/C16H15ClO6/c1-21-14(18)12(15(19)22-2)11-10(8-23-16(11)20)13(17)9-6-4-3-5-7-9/h3-7,11-12H,8H2,1-2H3/b13-10+. The highest BCUT2D eigenvalue weighted by Gasteiger charge is 2.48. The zero-order valence-electron chi connectivity index (χ0n) is 12.6. The average Bonchev–Trinajstić information content (AvgIpc) is 2.96. The minimum Gasteiger partial charge on any atom is -0.468 e. The SMILES string of the molecule is COC(=O)C(C(=O)OC)C1C(=O)OC/C1=C(\Cl)c1ccccc1. The van der Waals surface area contributed by atoms with Crippen molar-refractivity contribution in [2.24, 2.45) is 11.8 Å². The summed E-state index contributed by atoms with van der Waals surface area (Å²) >= 11 is 6.36. The van der Waals surface area contributed by atoms with Gasteiger partial charge in [-0.2, -0.15) is 0 Å². The predicted molar refractivity (Wildman–Crippen MR) is 81.2 cm³/mol. The lowest BCUT2D eigenvalue weighted by atomic mass is 9.86. The number of benzene rings is 1. The first-order valence-corrected chi connectivity index (χ1v) is 7.15. The average molecular weight is 339 g/mol. The molecular weight excluding hydrogens is 324 g/mol. The summed E-state index contributed by atoms with van der Waals surface area (Å²) in [6.07, 6.45) is 0. The van der Waals surface area contributed by atoms with E-state index in [0.29, 0.717) is 11.1 Å². The van der Waals surface area contributed by atoms with E-state index in [0.717, 1.165) is 14.2 Å². The van der Waals surface area contributed by atoms with E-state index in [1.165, 1.54) is 0 Å². The number of cyclic esters (lactones) is 1. The van der Waals surface area contributed by atoms with E-state index in [9.17, 15) is 14.4 Å². The van der Waals surface area contributed by atoms with Gasteiger partial charge in [-0.3, -0.25) is 14.4 Å². The minimum absolute atomic E-state index is 0.0955. The fourth-order valence-corrected chi connectivity index (χ4v) is 2.70. The molecule has 1 aliphatic heterocycles. The third-order valence-corrected chi connectivity index (χ3v) is 4.01. The molecule has 1 heterocycles. The molecule has 0 aliphatic carbocycles. The zero-order chi connectivity index (χ0) is 17.0. The van der Waals surface area contributed by atoms with E-state index in [1.54, 1.807) is 24.3 Å². The van der Waals surface area contributed by atoms with Crippen molar-refractivity contribution in [3.8, 4) is 0 Å². The smallest absolute Gasteiger partial charge is 0.321 e. The van der Waals surface area contributed by atoms with Crippen LogP contribution in [0.4, 0.5) is 0 Å². The van der Waals surface area contributed by atoms with E-state index in [-0.39, 0.29) is 11.6 Å². The van der Waals surface area contributed by atoms with Crippen LogP contribution in [-0.4, -0.2) is 38.7 Å². The summed E-state index contributed by atoms with van der Waals surface area (Å²) in [6, 6.07) is 8.88. The summed E-state index contributed by atoms with van der Waals surface area (Å²) in [6.45, 7) is -0.0955. The second kappa shape index (κ2) is 7.28. The number of hydrogen-bond acceptors (Lipinski definition) is 6. The van der Waals surface area contributed by atoms with E-state index in [4.69, 9.17) is 16.3 Å². The van der Waals surface area contributed by atoms with Gasteiger partial charge in [0.1, 0.15) is 12.5 Å². The Morgan fingerprint density at radius 1 is 1.17 bits per heavy atom. The predicted octanol–water partition coefficient (Wildman–Crippen LogP) is 1.77. The Bertz CT molecular complexity index is 636. The van der Waals surface area contributed by atoms with Crippen LogP contribution in [0, 0.1) is 11.8 Å². The highest BCUT2D eigenvalue weighted by atomic mass is 35.5. The van der Waals surface area contributed by atoms with Crippen LogP contribution in [0.2, 0.25) is 0 Å². The molecule has 1 saturated heterocycles. The van der Waals surface area contributed by atoms with Crippen molar-refractivity contribution >= 4 is 34.5 Å². The molecule has 23 heavy (non-hydrogen) atoms. The number of rotatable bonds is 4. The van der Waals surface area contributed by atoms with E-state index >= 15 is 0 Å². The molecule has 7 heteroatoms. The first kappa shape index (κ1) is 17.0. The highest BCUT2D eigenvalue weighted by molar-refractivity contribution is 6.49. The van der Waals surface area contributed by atoms with E-state index < -0.39 is 29.7 Å². The van der Waals surface area contributed by atoms with Gasteiger partial charge in [-0.05, 0) is 5.56 Å². The number of ether oxygens (including phenoxy) is 3. The number of hydrogen-bond donors (Lipinski definition) is 0. The van der Waals surface area contributed by atoms with Gasteiger partial charge in [0.2, 0.25) is 0 Å². The molecule has 0 bridgehead atoms. The number of carbonyl (C=O) groups is 3. The van der Waals surface area contributed by atoms with E-state index in [1.807, 2.05) is 6.07 Å². The molecule has 1 atom stereocenters. The monoisotopic (exact) mass is 338 g/mol. The molecule has 0 radical (unpaired) electrons. The van der Waals surface area contributed by atoms with Gasteiger partial charge < -0.3 is 14.2 Å². The maximum Gasteiger partial charge on any atom is 0.321 e. The van der Waals surface area contributed by atoms with Crippen LogP contribution in [0.5, 0.6) is 0 Å². The van der Waals surface area contributed by atoms with Crippen LogP contribution in [-0.2, 0) is 28.6 Å². The number of esters is 3. The summed E-state index contributed by atoms with van der Waals surface area (Å²) in [5.41, 5.74) is 1.00. The molecule has 0 N–H and O–H groups in total. The van der Waals surface area contributed by atoms with Gasteiger partial charge in [0.05, 0.1) is 19.3 Å². The fraction of sp³-hybridized carbons (Fsp3) is 0.312. The van der Waals surface area contributed by atoms with Crippen LogP contribution in [0.15, 0.2) is 35.9 Å². The Kier molecular flexibility index (Phi) is 5.39. The van der Waals surface area contributed by atoms with Crippen LogP contribution in [0.25, 0.3) is 5.03 Å². The van der Waals surface area contributed by atoms with Crippen molar-refractivity contribution in [1.29, 1.82) is 0 Å². The molecule has 1 aliphatic rings. The lowest BCUT2D eigenvalue weighted by Gasteiger charge is -2.18. The molecular formula is C16H15ClO6. The number of methoxy groups -OCH3 is 2. The van der Waals surface area contributed by atoms with Gasteiger partial charge in [-0.25, -0.2) is 0 Å². The van der Waals surface area contributed by atoms with Crippen molar-refractivity contribution in [2.75, 3.05) is 20.8 Å². The fourth-order valence-electron chi connectivity index (χ4n) is 2.40. The summed E-state index contributed by atoms with van der Waals surface area (Å²) < 4.78 is 14.2. The van der Waals surface area contributed by atoms with Crippen molar-refractivity contribution in [3.63, 3.8) is 0 Å². The lowest BCUT2D eigenvalue weighted by Crippen LogP contribution is -2.36. The van der Waals surface area contributed by atoms with Crippen LogP contribution >= 0.6 is 11.6 Å². The highest BCUT2D eigenvalue weighted by Crippen LogP contribution is 2.37. The molecule has 2 rings (SSSR count). The molecule has 0 spiro atoms. The Morgan fingerprint density at radius 3 is 2.26 bits per heavy atom. The quantitative estimate of drug-likeness (QED) is 0.473. The Balaban J connectivity index is 2.50. The number of carbonyl (C=O) groups excluding carboxylic acids is 3. The molecule has 0 amide bonds. The van der Waals surface area contributed by atoms with Gasteiger partial charge in [-0.1, -0.05) is 41.9 Å². The number of halogens is 1.